The smallest absolute Gasteiger partial charge is 0.283 e. The first-order valence-electron chi connectivity index (χ1n) is 3.89. The molecule has 0 aliphatic carbocycles. The van der Waals surface area contributed by atoms with E-state index in [-0.39, 0.29) is 0 Å². The Balaban J connectivity index is 1.95. The average Bonchev–Trinajstić information content (AvgIpc) is 2.81. The zero-order chi connectivity index (χ0) is 9.65. The van der Waals surface area contributed by atoms with E-state index in [1.807, 2.05) is 0 Å². The maximum absolute atomic E-state index is 9.55. The zero-order valence-electron chi connectivity index (χ0n) is 6.45. The molecule has 4 saturated heterocycles. The molecule has 0 aromatic carbocycles. The van der Waals surface area contributed by atoms with E-state index in [1.165, 1.54) is 0 Å². The third kappa shape index (κ3) is 0.466. The van der Waals surface area contributed by atoms with Crippen molar-refractivity contribution in [2.24, 2.45) is 0 Å². The van der Waals surface area contributed by atoms with Gasteiger partial charge >= 0.3 is 0 Å². The van der Waals surface area contributed by atoms with Gasteiger partial charge in [-0.3, -0.25) is 0 Å². The summed E-state index contributed by atoms with van der Waals surface area (Å²) in [7, 11) is 0. The van der Waals surface area contributed by atoms with Crippen LogP contribution in [0.2, 0.25) is 0 Å². The normalized spacial score (nSPS) is 73.2. The summed E-state index contributed by atoms with van der Waals surface area (Å²) in [4.78, 5) is 0.837. The first-order chi connectivity index (χ1) is 5.94. The van der Waals surface area contributed by atoms with E-state index in [4.69, 9.17) is 9.84 Å². The highest BCUT2D eigenvalue weighted by atomic mass is 16.8. The van der Waals surface area contributed by atoms with Crippen LogP contribution in [0.1, 0.15) is 0 Å². The molecule has 4 rings (SSSR count). The van der Waals surface area contributed by atoms with Gasteiger partial charge in [-0.05, 0) is 0 Å². The molecule has 0 saturated carbocycles. The predicted molar refractivity (Wildman–Crippen MR) is 34.7 cm³/mol. The van der Waals surface area contributed by atoms with Crippen molar-refractivity contribution in [3.05, 3.63) is 0 Å². The standard InChI is InChI=1S/C6H9NO6/c8-1-2-3(9)4(10)5(11)6(12,13-2)7(4)5/h2-3,8-12H,1H2/t2-,3+,4+,5-,6?,7?/m1/s1. The topological polar surface area (TPSA) is 113 Å². The van der Waals surface area contributed by atoms with Gasteiger partial charge in [-0.2, -0.15) is 4.90 Å². The van der Waals surface area contributed by atoms with Crippen LogP contribution in [0.15, 0.2) is 0 Å². The van der Waals surface area contributed by atoms with Gasteiger partial charge in [-0.1, -0.05) is 0 Å². The minimum absolute atomic E-state index is 0.532. The van der Waals surface area contributed by atoms with Crippen molar-refractivity contribution in [3.8, 4) is 0 Å². The van der Waals surface area contributed by atoms with Gasteiger partial charge in [0.25, 0.3) is 5.91 Å². The second-order valence-electron chi connectivity index (χ2n) is 3.63. The molecule has 6 atom stereocenters. The van der Waals surface area contributed by atoms with Crippen molar-refractivity contribution in [1.82, 2.24) is 4.90 Å². The van der Waals surface area contributed by atoms with E-state index < -0.39 is 36.2 Å². The van der Waals surface area contributed by atoms with Gasteiger partial charge < -0.3 is 30.3 Å². The highest BCUT2D eigenvalue weighted by molar-refractivity contribution is 5.44. The number of nitrogens with zero attached hydrogens (tertiary/aromatic N) is 1. The van der Waals surface area contributed by atoms with Crippen LogP contribution in [0, 0.1) is 0 Å². The number of ether oxygens (including phenoxy) is 1. The molecule has 4 fully saturated rings. The van der Waals surface area contributed by atoms with Crippen LogP contribution in [-0.2, 0) is 4.74 Å². The lowest BCUT2D eigenvalue weighted by molar-refractivity contribution is -0.364. The minimum atomic E-state index is -1.92. The van der Waals surface area contributed by atoms with E-state index in [0.29, 0.717) is 0 Å². The van der Waals surface area contributed by atoms with Crippen LogP contribution in [0.4, 0.5) is 0 Å². The fourth-order valence-corrected chi connectivity index (χ4v) is 2.23. The molecule has 0 amide bonds. The SMILES string of the molecule is OC[C@H]1OC2(O)N3[C@](O)([C@H]1O)[C@]32O. The maximum Gasteiger partial charge on any atom is 0.283 e. The summed E-state index contributed by atoms with van der Waals surface area (Å²) >= 11 is 0. The Morgan fingerprint density at radius 2 is 1.85 bits per heavy atom. The first kappa shape index (κ1) is 8.06. The second kappa shape index (κ2) is 1.63. The summed E-state index contributed by atoms with van der Waals surface area (Å²) in [6, 6.07) is 0. The molecule has 2 unspecified atom stereocenters. The molecular weight excluding hydrogens is 182 g/mol. The van der Waals surface area contributed by atoms with Crippen LogP contribution < -0.4 is 0 Å². The Morgan fingerprint density at radius 3 is 2.31 bits per heavy atom. The Hall–Kier alpha value is -0.280. The van der Waals surface area contributed by atoms with Gasteiger partial charge in [-0.15, -0.1) is 0 Å². The predicted octanol–water partition coefficient (Wildman–Crippen LogP) is -3.91. The molecule has 13 heavy (non-hydrogen) atoms. The lowest BCUT2D eigenvalue weighted by Crippen LogP contribution is -2.67. The Kier molecular flexibility index (Phi) is 1.01. The molecule has 5 N–H and O–H groups in total. The van der Waals surface area contributed by atoms with Crippen molar-refractivity contribution >= 4 is 0 Å². The largest absolute Gasteiger partial charge is 0.394 e. The summed E-state index contributed by atoms with van der Waals surface area (Å²) in [6.07, 6.45) is -2.49. The fourth-order valence-electron chi connectivity index (χ4n) is 2.23. The molecule has 4 aliphatic rings. The molecule has 2 bridgehead atoms. The van der Waals surface area contributed by atoms with Gasteiger partial charge in [0.05, 0.1) is 6.61 Å². The lowest BCUT2D eigenvalue weighted by atomic mass is 9.95. The third-order valence-corrected chi connectivity index (χ3v) is 3.10. The van der Waals surface area contributed by atoms with Crippen molar-refractivity contribution in [3.63, 3.8) is 0 Å². The summed E-state index contributed by atoms with van der Waals surface area (Å²) in [5.41, 5.74) is -3.74. The van der Waals surface area contributed by atoms with Crippen molar-refractivity contribution in [2.45, 2.75) is 29.6 Å². The van der Waals surface area contributed by atoms with Gasteiger partial charge in [0.2, 0.25) is 11.4 Å². The fraction of sp³-hybridized carbons (Fsp3) is 1.00. The highest BCUT2D eigenvalue weighted by Gasteiger charge is 3.10. The molecule has 0 radical (unpaired) electrons. The van der Waals surface area contributed by atoms with Gasteiger partial charge in [0, 0.05) is 0 Å². The maximum atomic E-state index is 9.55. The first-order valence-corrected chi connectivity index (χ1v) is 3.89. The van der Waals surface area contributed by atoms with E-state index in [1.54, 1.807) is 0 Å². The minimum Gasteiger partial charge on any atom is -0.394 e. The summed E-state index contributed by atoms with van der Waals surface area (Å²) < 4.78 is 4.78. The van der Waals surface area contributed by atoms with E-state index in [2.05, 4.69) is 0 Å². The average molecular weight is 191 g/mol. The summed E-state index contributed by atoms with van der Waals surface area (Å²) in [6.45, 7) is -0.532. The van der Waals surface area contributed by atoms with Crippen molar-refractivity contribution in [1.29, 1.82) is 0 Å². The summed E-state index contributed by atoms with van der Waals surface area (Å²) in [5, 5.41) is 46.5. The number of rotatable bonds is 1. The van der Waals surface area contributed by atoms with Gasteiger partial charge in [0.15, 0.2) is 0 Å². The van der Waals surface area contributed by atoms with E-state index in [9.17, 15) is 20.4 Å². The molecule has 7 nitrogen and oxygen atoms in total. The molecule has 7 heteroatoms. The second-order valence-corrected chi connectivity index (χ2v) is 3.63. The number of hydrogen-bond acceptors (Lipinski definition) is 7. The highest BCUT2D eigenvalue weighted by Crippen LogP contribution is 2.78. The van der Waals surface area contributed by atoms with Crippen LogP contribution in [0.25, 0.3) is 0 Å². The summed E-state index contributed by atoms with van der Waals surface area (Å²) in [5.74, 6) is -1.92. The number of aliphatic hydroxyl groups is 5. The molecule has 74 valence electrons. The monoisotopic (exact) mass is 191 g/mol. The lowest BCUT2D eigenvalue weighted by Gasteiger charge is -2.41. The molecular formula is C6H9NO6. The van der Waals surface area contributed by atoms with Crippen molar-refractivity contribution in [2.75, 3.05) is 6.61 Å². The molecule has 0 aromatic rings. The number of fused-ring (bicyclic) bond motifs is 2. The van der Waals surface area contributed by atoms with E-state index in [0.717, 1.165) is 4.90 Å². The van der Waals surface area contributed by atoms with Crippen molar-refractivity contribution < 1.29 is 30.3 Å². The van der Waals surface area contributed by atoms with Crippen LogP contribution in [0.5, 0.6) is 0 Å². The number of hydrogen-bond donors (Lipinski definition) is 5. The van der Waals surface area contributed by atoms with Crippen LogP contribution in [-0.4, -0.2) is 66.6 Å². The van der Waals surface area contributed by atoms with Crippen LogP contribution >= 0.6 is 0 Å². The Bertz CT molecular complexity index is 299. The van der Waals surface area contributed by atoms with Crippen LogP contribution in [0.3, 0.4) is 0 Å². The zero-order valence-corrected chi connectivity index (χ0v) is 6.45. The molecule has 0 spiro atoms. The molecule has 4 aliphatic heterocycles. The Morgan fingerprint density at radius 1 is 1.31 bits per heavy atom. The quantitative estimate of drug-likeness (QED) is 0.269. The van der Waals surface area contributed by atoms with E-state index >= 15 is 0 Å². The molecule has 4 heterocycles. The number of aliphatic hydroxyl groups excluding tert-OH is 2. The third-order valence-electron chi connectivity index (χ3n) is 3.10. The van der Waals surface area contributed by atoms with Gasteiger partial charge in [-0.25, -0.2) is 0 Å². The Labute approximate surface area is 72.4 Å². The molecule has 0 aromatic heterocycles. The van der Waals surface area contributed by atoms with Gasteiger partial charge in [0.1, 0.15) is 12.2 Å².